The molecule has 6 aromatic rings. The first-order chi connectivity index (χ1) is 24.4. The van der Waals surface area contributed by atoms with Gasteiger partial charge in [0, 0.05) is 34.8 Å². The molecular weight excluding hydrogens is 671 g/mol. The summed E-state index contributed by atoms with van der Waals surface area (Å²) in [5, 5.41) is 4.67. The van der Waals surface area contributed by atoms with Crippen LogP contribution in [0.5, 0.6) is 0 Å². The van der Waals surface area contributed by atoms with Gasteiger partial charge in [-0.15, -0.1) is 0 Å². The van der Waals surface area contributed by atoms with E-state index in [9.17, 15) is 16.8 Å². The van der Waals surface area contributed by atoms with Crippen molar-refractivity contribution in [3.63, 3.8) is 0 Å². The first kappa shape index (κ1) is 35.1. The highest BCUT2D eigenvalue weighted by molar-refractivity contribution is 7.91. The van der Waals surface area contributed by atoms with Crippen LogP contribution < -0.4 is 0 Å². The molecule has 1 aliphatic rings. The van der Waals surface area contributed by atoms with E-state index in [0.717, 1.165) is 89.4 Å². The average molecular weight is 717 g/mol. The Morgan fingerprint density at radius 1 is 0.529 bits per heavy atom. The van der Waals surface area contributed by atoms with Gasteiger partial charge in [0.2, 0.25) is 0 Å². The van der Waals surface area contributed by atoms with Gasteiger partial charge in [-0.3, -0.25) is 0 Å². The highest BCUT2D eigenvalue weighted by Gasteiger charge is 2.37. The van der Waals surface area contributed by atoms with Crippen LogP contribution in [-0.2, 0) is 32.8 Å². The molecule has 51 heavy (non-hydrogen) atoms. The van der Waals surface area contributed by atoms with Crippen LogP contribution in [0.4, 0.5) is 0 Å². The highest BCUT2D eigenvalue weighted by Crippen LogP contribution is 2.50. The molecule has 0 N–H and O–H groups in total. The Hall–Kier alpha value is -4.30. The number of hydrogen-bond acceptors (Lipinski definition) is 4. The van der Waals surface area contributed by atoms with Crippen molar-refractivity contribution in [3.8, 4) is 33.4 Å². The molecule has 6 aromatic carbocycles. The van der Waals surface area contributed by atoms with Gasteiger partial charge in [-0.25, -0.2) is 16.8 Å². The second-order valence-electron chi connectivity index (χ2n) is 14.4. The lowest BCUT2D eigenvalue weighted by atomic mass is 9.82. The van der Waals surface area contributed by atoms with Crippen molar-refractivity contribution in [1.29, 1.82) is 0 Å². The Labute approximate surface area is 303 Å². The Bertz CT molecular complexity index is 2310. The Balaban J connectivity index is 1.63. The molecule has 0 saturated carbocycles. The topological polar surface area (TPSA) is 68.3 Å². The number of quaternary nitrogens is 1. The van der Waals surface area contributed by atoms with Gasteiger partial charge >= 0.3 is 0 Å². The summed E-state index contributed by atoms with van der Waals surface area (Å²) in [5.74, 6) is 0. The van der Waals surface area contributed by atoms with E-state index < -0.39 is 19.7 Å². The van der Waals surface area contributed by atoms with E-state index in [2.05, 4.69) is 74.5 Å². The monoisotopic (exact) mass is 716 g/mol. The SMILES string of the molecule is CCCC[N+]1(CCCC)Cc2c(-c3ccc(S(C)(=O)=O)cc3)cc3ccccc3c2-c2c(c(-c3ccc(S(C)(=O)=O)cc3)cc3ccccc23)C1. The second-order valence-corrected chi connectivity index (χ2v) is 18.4. The summed E-state index contributed by atoms with van der Waals surface area (Å²) in [6, 6.07) is 36.7. The average Bonchev–Trinajstić information content (AvgIpc) is 3.27. The standard InChI is InChI=1S/C44H46NO4S2/c1-5-7-25-45(26-8-6-2)29-41-39(31-17-21-35(22-18-31)50(3,46)47)27-33-13-9-11-15-37(33)43(41)44-38-16-12-10-14-34(38)28-40(42(44)30-45)32-19-23-36(24-20-32)51(4,48)49/h9-24,27-28H,5-8,25-26,29-30H2,1-4H3/q+1. The molecule has 0 fully saturated rings. The molecule has 0 atom stereocenters. The lowest BCUT2D eigenvalue weighted by Gasteiger charge is -2.39. The van der Waals surface area contributed by atoms with E-state index in [1.807, 2.05) is 24.3 Å². The number of nitrogens with zero attached hydrogens (tertiary/aromatic N) is 1. The van der Waals surface area contributed by atoms with E-state index in [1.54, 1.807) is 24.3 Å². The van der Waals surface area contributed by atoms with Crippen molar-refractivity contribution in [2.75, 3.05) is 25.6 Å². The quantitative estimate of drug-likeness (QED) is 0.132. The van der Waals surface area contributed by atoms with Crippen LogP contribution in [0.25, 0.3) is 54.9 Å². The van der Waals surface area contributed by atoms with Crippen LogP contribution in [0.15, 0.2) is 119 Å². The Morgan fingerprint density at radius 2 is 0.902 bits per heavy atom. The Kier molecular flexibility index (Phi) is 9.42. The van der Waals surface area contributed by atoms with Crippen LogP contribution in [0.3, 0.4) is 0 Å². The summed E-state index contributed by atoms with van der Waals surface area (Å²) in [5.41, 5.74) is 9.36. The highest BCUT2D eigenvalue weighted by atomic mass is 32.2. The number of unbranched alkanes of at least 4 members (excludes halogenated alkanes) is 2. The number of hydrogen-bond donors (Lipinski definition) is 0. The summed E-state index contributed by atoms with van der Waals surface area (Å²) < 4.78 is 50.8. The minimum Gasteiger partial charge on any atom is -0.316 e. The van der Waals surface area contributed by atoms with Gasteiger partial charge in [0.15, 0.2) is 19.7 Å². The van der Waals surface area contributed by atoms with Gasteiger partial charge in [0.25, 0.3) is 0 Å². The van der Waals surface area contributed by atoms with Crippen molar-refractivity contribution >= 4 is 41.2 Å². The largest absolute Gasteiger partial charge is 0.316 e. The van der Waals surface area contributed by atoms with Crippen LogP contribution in [0.2, 0.25) is 0 Å². The number of benzene rings is 6. The molecule has 1 heterocycles. The van der Waals surface area contributed by atoms with Gasteiger partial charge in [-0.2, -0.15) is 0 Å². The minimum absolute atomic E-state index is 0.317. The van der Waals surface area contributed by atoms with Gasteiger partial charge in [-0.05, 0) is 93.0 Å². The second kappa shape index (κ2) is 13.7. The smallest absolute Gasteiger partial charge is 0.175 e. The summed E-state index contributed by atoms with van der Waals surface area (Å²) in [6.45, 7) is 8.29. The third-order valence-corrected chi connectivity index (χ3v) is 13.0. The van der Waals surface area contributed by atoms with E-state index in [4.69, 9.17) is 0 Å². The molecule has 0 saturated heterocycles. The van der Waals surface area contributed by atoms with Crippen molar-refractivity contribution in [2.24, 2.45) is 0 Å². The number of sulfone groups is 2. The van der Waals surface area contributed by atoms with E-state index >= 15 is 0 Å². The first-order valence-corrected chi connectivity index (χ1v) is 21.8. The maximum Gasteiger partial charge on any atom is 0.175 e. The molecule has 5 nitrogen and oxygen atoms in total. The maximum absolute atomic E-state index is 12.5. The normalized spacial score (nSPS) is 14.3. The molecule has 1 aliphatic heterocycles. The molecular formula is C44H46NO4S2+. The zero-order valence-electron chi connectivity index (χ0n) is 29.9. The molecule has 0 unspecified atom stereocenters. The molecule has 7 heteroatoms. The fourth-order valence-electron chi connectivity index (χ4n) is 8.10. The summed E-state index contributed by atoms with van der Waals surface area (Å²) in [6.07, 6.45) is 6.91. The summed E-state index contributed by atoms with van der Waals surface area (Å²) in [4.78, 5) is 0.633. The molecule has 7 rings (SSSR count). The van der Waals surface area contributed by atoms with E-state index in [-0.39, 0.29) is 0 Å². The summed E-state index contributed by atoms with van der Waals surface area (Å²) >= 11 is 0. The fourth-order valence-corrected chi connectivity index (χ4v) is 9.36. The molecule has 0 bridgehead atoms. The third-order valence-electron chi connectivity index (χ3n) is 10.7. The van der Waals surface area contributed by atoms with Crippen LogP contribution in [0, 0.1) is 0 Å². The zero-order valence-corrected chi connectivity index (χ0v) is 31.6. The predicted molar refractivity (Wildman–Crippen MR) is 211 cm³/mol. The fraction of sp³-hybridized carbons (Fsp3) is 0.273. The van der Waals surface area contributed by atoms with Crippen molar-refractivity contribution in [1.82, 2.24) is 0 Å². The molecule has 0 aromatic heterocycles. The third kappa shape index (κ3) is 6.75. The minimum atomic E-state index is -3.34. The number of rotatable bonds is 10. The molecule has 0 spiro atoms. The lowest BCUT2D eigenvalue weighted by Crippen LogP contribution is -2.47. The summed E-state index contributed by atoms with van der Waals surface area (Å²) in [7, 11) is -6.68. The molecule has 262 valence electrons. The van der Waals surface area contributed by atoms with Crippen LogP contribution >= 0.6 is 0 Å². The van der Waals surface area contributed by atoms with Crippen molar-refractivity contribution in [2.45, 2.75) is 62.4 Å². The molecule has 0 radical (unpaired) electrons. The van der Waals surface area contributed by atoms with E-state index in [1.165, 1.54) is 45.5 Å². The van der Waals surface area contributed by atoms with Gasteiger partial charge in [0.05, 0.1) is 22.9 Å². The Morgan fingerprint density at radius 3 is 1.25 bits per heavy atom. The van der Waals surface area contributed by atoms with Gasteiger partial charge < -0.3 is 4.48 Å². The zero-order chi connectivity index (χ0) is 36.0. The molecule has 0 aliphatic carbocycles. The van der Waals surface area contributed by atoms with Gasteiger partial charge in [-0.1, -0.05) is 99.5 Å². The van der Waals surface area contributed by atoms with Crippen LogP contribution in [0.1, 0.15) is 50.7 Å². The van der Waals surface area contributed by atoms with Crippen molar-refractivity contribution < 1.29 is 21.3 Å². The van der Waals surface area contributed by atoms with Crippen molar-refractivity contribution in [3.05, 3.63) is 120 Å². The van der Waals surface area contributed by atoms with Gasteiger partial charge in [0.1, 0.15) is 13.1 Å². The van der Waals surface area contributed by atoms with Crippen LogP contribution in [-0.4, -0.2) is 46.9 Å². The lowest BCUT2D eigenvalue weighted by molar-refractivity contribution is -0.953. The first-order valence-electron chi connectivity index (χ1n) is 18.0. The number of fused-ring (bicyclic) bond motifs is 7. The maximum atomic E-state index is 12.5. The predicted octanol–water partition coefficient (Wildman–Crippen LogP) is 10.2. The van der Waals surface area contributed by atoms with E-state index in [0.29, 0.717) is 9.79 Å². The molecule has 0 amide bonds.